The number of hydrogen-bond donors (Lipinski definition) is 2. The van der Waals surface area contributed by atoms with Crippen molar-refractivity contribution in [2.75, 3.05) is 19.0 Å². The highest BCUT2D eigenvalue weighted by molar-refractivity contribution is 7.14. The molecule has 1 atom stereocenters. The number of aromatic nitrogens is 1. The van der Waals surface area contributed by atoms with Gasteiger partial charge in [-0.05, 0) is 43.5 Å². The maximum Gasteiger partial charge on any atom is 0.245 e. The summed E-state index contributed by atoms with van der Waals surface area (Å²) in [4.78, 5) is 16.3. The highest BCUT2D eigenvalue weighted by Gasteiger charge is 2.15. The van der Waals surface area contributed by atoms with Crippen LogP contribution < -0.4 is 11.1 Å². The normalized spacial score (nSPS) is 12.2. The van der Waals surface area contributed by atoms with Crippen LogP contribution in [0.4, 0.5) is 5.13 Å². The van der Waals surface area contributed by atoms with E-state index >= 15 is 0 Å². The largest absolute Gasteiger partial charge is 0.383 e. The van der Waals surface area contributed by atoms with Gasteiger partial charge < -0.3 is 15.8 Å². The molecule has 0 bridgehead atoms. The first-order chi connectivity index (χ1) is 10.4. The molecule has 0 aliphatic rings. The van der Waals surface area contributed by atoms with Crippen LogP contribution in [0, 0.1) is 20.8 Å². The Bertz CT molecular complexity index is 682. The number of nitrogens with zero attached hydrogens (tertiary/aromatic N) is 1. The molecule has 6 heteroatoms. The number of nitrogens with one attached hydrogen (secondary N) is 1. The molecule has 118 valence electrons. The van der Waals surface area contributed by atoms with Gasteiger partial charge in [0.2, 0.25) is 5.91 Å². The van der Waals surface area contributed by atoms with Crippen molar-refractivity contribution in [3.05, 3.63) is 34.2 Å². The second-order valence-corrected chi connectivity index (χ2v) is 6.20. The van der Waals surface area contributed by atoms with Gasteiger partial charge in [0.1, 0.15) is 6.04 Å². The first kappa shape index (κ1) is 16.6. The number of thiazole rings is 1. The maximum atomic E-state index is 11.9. The van der Waals surface area contributed by atoms with Crippen molar-refractivity contribution in [1.29, 1.82) is 0 Å². The van der Waals surface area contributed by atoms with Crippen LogP contribution in [0.15, 0.2) is 17.5 Å². The summed E-state index contributed by atoms with van der Waals surface area (Å²) in [5.74, 6) is -0.292. The molecule has 0 spiro atoms. The SMILES string of the molecule is COCC(N)C(=O)Nc1nc(-c2cc(C)c(C)cc2C)cs1. The Kier molecular flexibility index (Phi) is 5.28. The number of ether oxygens (including phenoxy) is 1. The van der Waals surface area contributed by atoms with Crippen LogP contribution in [-0.4, -0.2) is 30.6 Å². The molecule has 2 rings (SSSR count). The summed E-state index contributed by atoms with van der Waals surface area (Å²) >= 11 is 1.39. The predicted molar refractivity (Wildman–Crippen MR) is 90.2 cm³/mol. The Morgan fingerprint density at radius 2 is 2.00 bits per heavy atom. The van der Waals surface area contributed by atoms with Gasteiger partial charge >= 0.3 is 0 Å². The third-order valence-corrected chi connectivity index (χ3v) is 4.29. The molecule has 0 aliphatic heterocycles. The van der Waals surface area contributed by atoms with Crippen LogP contribution in [0.1, 0.15) is 16.7 Å². The minimum absolute atomic E-state index is 0.181. The molecule has 0 saturated heterocycles. The fourth-order valence-corrected chi connectivity index (χ4v) is 2.86. The number of methoxy groups -OCH3 is 1. The highest BCUT2D eigenvalue weighted by atomic mass is 32.1. The smallest absolute Gasteiger partial charge is 0.245 e. The fraction of sp³-hybridized carbons (Fsp3) is 0.375. The summed E-state index contributed by atoms with van der Waals surface area (Å²) in [5.41, 5.74) is 11.3. The first-order valence-electron chi connectivity index (χ1n) is 7.01. The summed E-state index contributed by atoms with van der Waals surface area (Å²) in [6.45, 7) is 6.42. The summed E-state index contributed by atoms with van der Waals surface area (Å²) in [5, 5.41) is 5.21. The van der Waals surface area contributed by atoms with Crippen LogP contribution >= 0.6 is 11.3 Å². The van der Waals surface area contributed by atoms with Crippen molar-refractivity contribution < 1.29 is 9.53 Å². The van der Waals surface area contributed by atoms with Crippen molar-refractivity contribution in [1.82, 2.24) is 4.98 Å². The van der Waals surface area contributed by atoms with Gasteiger partial charge in [0, 0.05) is 18.1 Å². The Hall–Kier alpha value is -1.76. The van der Waals surface area contributed by atoms with E-state index in [0.717, 1.165) is 11.3 Å². The monoisotopic (exact) mass is 319 g/mol. The Labute approximate surface area is 134 Å². The number of anilines is 1. The fourth-order valence-electron chi connectivity index (χ4n) is 2.14. The van der Waals surface area contributed by atoms with Gasteiger partial charge in [-0.25, -0.2) is 4.98 Å². The molecular formula is C16H21N3O2S. The zero-order valence-electron chi connectivity index (χ0n) is 13.3. The van der Waals surface area contributed by atoms with E-state index in [0.29, 0.717) is 5.13 Å². The zero-order valence-corrected chi connectivity index (χ0v) is 14.1. The average Bonchev–Trinajstić information content (AvgIpc) is 2.91. The van der Waals surface area contributed by atoms with E-state index in [1.165, 1.54) is 35.1 Å². The van der Waals surface area contributed by atoms with Crippen molar-refractivity contribution in [3.8, 4) is 11.3 Å². The minimum Gasteiger partial charge on any atom is -0.383 e. The van der Waals surface area contributed by atoms with Crippen LogP contribution in [0.25, 0.3) is 11.3 Å². The number of carbonyl (C=O) groups excluding carboxylic acids is 1. The van der Waals surface area contributed by atoms with Crippen molar-refractivity contribution in [2.24, 2.45) is 5.73 Å². The molecule has 1 heterocycles. The highest BCUT2D eigenvalue weighted by Crippen LogP contribution is 2.29. The van der Waals surface area contributed by atoms with E-state index in [1.54, 1.807) is 0 Å². The second-order valence-electron chi connectivity index (χ2n) is 5.34. The Balaban J connectivity index is 2.18. The van der Waals surface area contributed by atoms with E-state index in [4.69, 9.17) is 10.5 Å². The summed E-state index contributed by atoms with van der Waals surface area (Å²) in [7, 11) is 1.51. The van der Waals surface area contributed by atoms with Crippen molar-refractivity contribution >= 4 is 22.4 Å². The van der Waals surface area contributed by atoms with Crippen LogP contribution in [0.3, 0.4) is 0 Å². The minimum atomic E-state index is -0.694. The number of benzene rings is 1. The number of amides is 1. The lowest BCUT2D eigenvalue weighted by Crippen LogP contribution is -2.39. The average molecular weight is 319 g/mol. The molecule has 1 aromatic carbocycles. The third-order valence-electron chi connectivity index (χ3n) is 3.53. The topological polar surface area (TPSA) is 77.2 Å². The zero-order chi connectivity index (χ0) is 16.3. The van der Waals surface area contributed by atoms with Gasteiger partial charge in [0.25, 0.3) is 0 Å². The van der Waals surface area contributed by atoms with Gasteiger partial charge in [0.05, 0.1) is 12.3 Å². The van der Waals surface area contributed by atoms with Crippen LogP contribution in [0.2, 0.25) is 0 Å². The molecular weight excluding hydrogens is 298 g/mol. The molecule has 5 nitrogen and oxygen atoms in total. The number of aryl methyl sites for hydroxylation is 3. The molecule has 1 aromatic heterocycles. The summed E-state index contributed by atoms with van der Waals surface area (Å²) < 4.78 is 4.87. The van der Waals surface area contributed by atoms with E-state index < -0.39 is 6.04 Å². The predicted octanol–water partition coefficient (Wildman–Crippen LogP) is 2.65. The molecule has 0 saturated carbocycles. The van der Waals surface area contributed by atoms with Crippen molar-refractivity contribution in [2.45, 2.75) is 26.8 Å². The Morgan fingerprint density at radius 3 is 2.68 bits per heavy atom. The van der Waals surface area contributed by atoms with E-state index in [1.807, 2.05) is 5.38 Å². The first-order valence-corrected chi connectivity index (χ1v) is 7.89. The van der Waals surface area contributed by atoms with Gasteiger partial charge in [-0.2, -0.15) is 0 Å². The molecule has 1 unspecified atom stereocenters. The number of rotatable bonds is 5. The van der Waals surface area contributed by atoms with Crippen LogP contribution in [-0.2, 0) is 9.53 Å². The molecule has 22 heavy (non-hydrogen) atoms. The molecule has 3 N–H and O–H groups in total. The number of carbonyl (C=O) groups is 1. The number of nitrogens with two attached hydrogens (primary N) is 1. The van der Waals surface area contributed by atoms with Crippen LogP contribution in [0.5, 0.6) is 0 Å². The number of hydrogen-bond acceptors (Lipinski definition) is 5. The lowest BCUT2D eigenvalue weighted by molar-refractivity contribution is -0.118. The molecule has 2 aromatic rings. The molecule has 0 radical (unpaired) electrons. The van der Waals surface area contributed by atoms with Crippen molar-refractivity contribution in [3.63, 3.8) is 0 Å². The van der Waals surface area contributed by atoms with Gasteiger partial charge in [-0.3, -0.25) is 4.79 Å². The summed E-state index contributed by atoms with van der Waals surface area (Å²) in [6.07, 6.45) is 0. The van der Waals surface area contributed by atoms with E-state index in [2.05, 4.69) is 43.2 Å². The maximum absolute atomic E-state index is 11.9. The van der Waals surface area contributed by atoms with Gasteiger partial charge in [0.15, 0.2) is 5.13 Å². The third kappa shape index (κ3) is 3.71. The summed E-state index contributed by atoms with van der Waals surface area (Å²) in [6, 6.07) is 3.58. The van der Waals surface area contributed by atoms with Gasteiger partial charge in [-0.1, -0.05) is 6.07 Å². The Morgan fingerprint density at radius 1 is 1.32 bits per heavy atom. The second kappa shape index (κ2) is 7.00. The molecule has 1 amide bonds. The quantitative estimate of drug-likeness (QED) is 0.888. The van der Waals surface area contributed by atoms with E-state index in [9.17, 15) is 4.79 Å². The lowest BCUT2D eigenvalue weighted by Gasteiger charge is -2.09. The lowest BCUT2D eigenvalue weighted by atomic mass is 9.99. The van der Waals surface area contributed by atoms with Gasteiger partial charge in [-0.15, -0.1) is 11.3 Å². The molecule has 0 fully saturated rings. The standard InChI is InChI=1S/C16H21N3O2S/c1-9-5-11(3)12(6-10(9)2)14-8-22-16(18-14)19-15(20)13(17)7-21-4/h5-6,8,13H,7,17H2,1-4H3,(H,18,19,20). The molecule has 0 aliphatic carbocycles. The van der Waals surface area contributed by atoms with E-state index in [-0.39, 0.29) is 12.5 Å².